The second-order valence-electron chi connectivity index (χ2n) is 3.29. The first-order valence-corrected chi connectivity index (χ1v) is 4.61. The van der Waals surface area contributed by atoms with Crippen molar-refractivity contribution in [3.05, 3.63) is 59.4 Å². The highest BCUT2D eigenvalue weighted by Crippen LogP contribution is 2.34. The van der Waals surface area contributed by atoms with Crippen LogP contribution in [0.3, 0.4) is 0 Å². The molecule has 3 heteroatoms. The second-order valence-corrected chi connectivity index (χ2v) is 3.29. The van der Waals surface area contributed by atoms with Gasteiger partial charge in [-0.1, -0.05) is 18.2 Å². The maximum absolute atomic E-state index is 9.19. The van der Waals surface area contributed by atoms with Crippen LogP contribution in [0.25, 0.3) is 6.08 Å². The lowest BCUT2D eigenvalue weighted by atomic mass is 10.1. The van der Waals surface area contributed by atoms with E-state index >= 15 is 0 Å². The fourth-order valence-electron chi connectivity index (χ4n) is 1.56. The minimum atomic E-state index is -0.118. The van der Waals surface area contributed by atoms with Gasteiger partial charge in [0.2, 0.25) is 0 Å². The van der Waals surface area contributed by atoms with E-state index in [1.165, 1.54) is 6.08 Å². The van der Waals surface area contributed by atoms with Gasteiger partial charge in [0.1, 0.15) is 5.75 Å². The lowest BCUT2D eigenvalue weighted by Gasteiger charge is -2.21. The Bertz CT molecular complexity index is 509. The number of hydrogen-bond donors (Lipinski definition) is 1. The number of aliphatic hydroxyl groups is 1. The maximum atomic E-state index is 9.19. The highest BCUT2D eigenvalue weighted by atomic mass is 16.6. The van der Waals surface area contributed by atoms with Crippen molar-refractivity contribution in [1.82, 2.24) is 0 Å². The molecule has 0 amide bonds. The number of allylic oxidation sites excluding steroid dienone is 2. The Morgan fingerprint density at radius 1 is 0.933 bits per heavy atom. The van der Waals surface area contributed by atoms with Crippen LogP contribution in [0.1, 0.15) is 5.56 Å². The number of rotatable bonds is 0. The molecule has 0 radical (unpaired) electrons. The van der Waals surface area contributed by atoms with Gasteiger partial charge >= 0.3 is 0 Å². The normalized spacial score (nSPS) is 17.2. The van der Waals surface area contributed by atoms with Crippen molar-refractivity contribution in [2.24, 2.45) is 0 Å². The quantitative estimate of drug-likeness (QED) is 0.699. The molecule has 0 bridgehead atoms. The number of fused-ring (bicyclic) bond motifs is 2. The number of benzene rings is 1. The fraction of sp³-hybridized carbons (Fsp3) is 0. The van der Waals surface area contributed by atoms with Crippen molar-refractivity contribution in [2.45, 2.75) is 0 Å². The van der Waals surface area contributed by atoms with Crippen molar-refractivity contribution in [3.8, 4) is 5.75 Å². The van der Waals surface area contributed by atoms with Crippen LogP contribution < -0.4 is 4.74 Å². The van der Waals surface area contributed by atoms with Crippen LogP contribution in [0.4, 0.5) is 0 Å². The Morgan fingerprint density at radius 2 is 1.80 bits per heavy atom. The molecule has 0 unspecified atom stereocenters. The molecule has 0 fully saturated rings. The van der Waals surface area contributed by atoms with Crippen LogP contribution in [-0.2, 0) is 4.74 Å². The first-order valence-electron chi connectivity index (χ1n) is 4.61. The molecular weight excluding hydrogens is 192 g/mol. The van der Waals surface area contributed by atoms with Gasteiger partial charge in [0.15, 0.2) is 11.5 Å². The molecule has 1 aromatic rings. The summed E-state index contributed by atoms with van der Waals surface area (Å²) in [7, 11) is 0. The van der Waals surface area contributed by atoms with Crippen LogP contribution in [0.2, 0.25) is 0 Å². The molecule has 2 aliphatic rings. The summed E-state index contributed by atoms with van der Waals surface area (Å²) in [6.07, 6.45) is 4.98. The Balaban J connectivity index is 2.11. The van der Waals surface area contributed by atoms with Crippen LogP contribution in [-0.4, -0.2) is 5.11 Å². The summed E-state index contributed by atoms with van der Waals surface area (Å²) in [6, 6.07) is 7.65. The third-order valence-electron chi connectivity index (χ3n) is 2.26. The van der Waals surface area contributed by atoms with Gasteiger partial charge in [0.05, 0.1) is 0 Å². The molecule has 74 valence electrons. The van der Waals surface area contributed by atoms with Gasteiger partial charge in [-0.25, -0.2) is 0 Å². The zero-order chi connectivity index (χ0) is 10.3. The summed E-state index contributed by atoms with van der Waals surface area (Å²) >= 11 is 0. The van der Waals surface area contributed by atoms with E-state index in [1.807, 2.05) is 30.3 Å². The molecule has 0 aliphatic carbocycles. The van der Waals surface area contributed by atoms with Crippen molar-refractivity contribution in [1.29, 1.82) is 0 Å². The number of para-hydroxylation sites is 1. The standard InChI is InChI=1S/C12H8O3/c13-12-6-5-10-11(15-12)7-8-3-1-2-4-9(8)14-10/h1-7,13H. The molecule has 1 N–H and O–H groups in total. The van der Waals surface area contributed by atoms with Crippen LogP contribution >= 0.6 is 0 Å². The van der Waals surface area contributed by atoms with E-state index in [4.69, 9.17) is 9.47 Å². The smallest absolute Gasteiger partial charge is 0.282 e. The van der Waals surface area contributed by atoms with E-state index in [2.05, 4.69) is 0 Å². The Morgan fingerprint density at radius 3 is 2.73 bits per heavy atom. The first kappa shape index (κ1) is 8.17. The molecule has 0 atom stereocenters. The predicted molar refractivity (Wildman–Crippen MR) is 54.9 cm³/mol. The first-order chi connectivity index (χ1) is 7.33. The Labute approximate surface area is 86.6 Å². The average molecular weight is 200 g/mol. The van der Waals surface area contributed by atoms with Crippen LogP contribution in [0, 0.1) is 0 Å². The summed E-state index contributed by atoms with van der Waals surface area (Å²) in [5.74, 6) is 1.83. The summed E-state index contributed by atoms with van der Waals surface area (Å²) in [6.45, 7) is 0. The number of hydrogen-bond acceptors (Lipinski definition) is 3. The minimum absolute atomic E-state index is 0.118. The van der Waals surface area contributed by atoms with Crippen molar-refractivity contribution in [2.75, 3.05) is 0 Å². The Hall–Kier alpha value is -2.16. The van der Waals surface area contributed by atoms with E-state index < -0.39 is 0 Å². The molecule has 0 saturated carbocycles. The van der Waals surface area contributed by atoms with E-state index in [-0.39, 0.29) is 5.95 Å². The van der Waals surface area contributed by atoms with Gasteiger partial charge in [0, 0.05) is 11.6 Å². The van der Waals surface area contributed by atoms with Crippen molar-refractivity contribution in [3.63, 3.8) is 0 Å². The summed E-state index contributed by atoms with van der Waals surface area (Å²) < 4.78 is 10.7. The topological polar surface area (TPSA) is 38.7 Å². The molecule has 0 aromatic heterocycles. The van der Waals surface area contributed by atoms with Gasteiger partial charge in [0.25, 0.3) is 5.95 Å². The van der Waals surface area contributed by atoms with E-state index in [0.717, 1.165) is 11.3 Å². The van der Waals surface area contributed by atoms with Crippen molar-refractivity contribution < 1.29 is 14.6 Å². The molecule has 3 nitrogen and oxygen atoms in total. The van der Waals surface area contributed by atoms with Gasteiger partial charge in [-0.2, -0.15) is 0 Å². The number of ether oxygens (including phenoxy) is 2. The SMILES string of the molecule is OC1=CC=C2Oc3ccccc3C=C2O1. The zero-order valence-corrected chi connectivity index (χ0v) is 7.81. The van der Waals surface area contributed by atoms with Crippen LogP contribution in [0.15, 0.2) is 53.9 Å². The molecule has 15 heavy (non-hydrogen) atoms. The Kier molecular flexibility index (Phi) is 1.59. The van der Waals surface area contributed by atoms with Gasteiger partial charge in [-0.15, -0.1) is 0 Å². The number of aliphatic hydroxyl groups excluding tert-OH is 1. The molecule has 0 spiro atoms. The maximum Gasteiger partial charge on any atom is 0.282 e. The average Bonchev–Trinajstić information content (AvgIpc) is 2.26. The fourth-order valence-corrected chi connectivity index (χ4v) is 1.56. The summed E-state index contributed by atoms with van der Waals surface area (Å²) in [4.78, 5) is 0. The highest BCUT2D eigenvalue weighted by molar-refractivity contribution is 5.65. The largest absolute Gasteiger partial charge is 0.481 e. The highest BCUT2D eigenvalue weighted by Gasteiger charge is 2.21. The van der Waals surface area contributed by atoms with Crippen molar-refractivity contribution >= 4 is 6.08 Å². The summed E-state index contributed by atoms with van der Waals surface area (Å²) in [5.41, 5.74) is 0.944. The molecule has 0 saturated heterocycles. The van der Waals surface area contributed by atoms with Gasteiger partial charge in [-0.3, -0.25) is 0 Å². The second kappa shape index (κ2) is 2.92. The summed E-state index contributed by atoms with van der Waals surface area (Å²) in [5, 5.41) is 9.19. The molecule has 2 heterocycles. The molecule has 1 aromatic carbocycles. The predicted octanol–water partition coefficient (Wildman–Crippen LogP) is 2.73. The lowest BCUT2D eigenvalue weighted by molar-refractivity contribution is 0.136. The molecule has 2 aliphatic heterocycles. The molecular formula is C12H8O3. The lowest BCUT2D eigenvalue weighted by Crippen LogP contribution is -2.10. The van der Waals surface area contributed by atoms with Gasteiger partial charge < -0.3 is 14.6 Å². The van der Waals surface area contributed by atoms with Crippen LogP contribution in [0.5, 0.6) is 5.75 Å². The molecule has 3 rings (SSSR count). The van der Waals surface area contributed by atoms with E-state index in [9.17, 15) is 5.11 Å². The monoisotopic (exact) mass is 200 g/mol. The minimum Gasteiger partial charge on any atom is -0.481 e. The van der Waals surface area contributed by atoms with E-state index in [1.54, 1.807) is 6.08 Å². The third kappa shape index (κ3) is 1.29. The van der Waals surface area contributed by atoms with Gasteiger partial charge in [-0.05, 0) is 18.2 Å². The third-order valence-corrected chi connectivity index (χ3v) is 2.26. The zero-order valence-electron chi connectivity index (χ0n) is 7.81. The van der Waals surface area contributed by atoms with E-state index in [0.29, 0.717) is 11.5 Å².